The Morgan fingerprint density at radius 3 is 1.16 bits per heavy atom. The summed E-state index contributed by atoms with van der Waals surface area (Å²) in [5.41, 5.74) is 5.47. The molecule has 0 aromatic carbocycles. The minimum atomic E-state index is -3.89. The van der Waals surface area contributed by atoms with E-state index in [1.54, 1.807) is 0 Å². The van der Waals surface area contributed by atoms with E-state index in [9.17, 15) is 9.46 Å². The lowest BCUT2D eigenvalue weighted by Gasteiger charge is -2.20. The van der Waals surface area contributed by atoms with Crippen molar-refractivity contribution in [1.82, 2.24) is 0 Å². The molecule has 0 amide bonds. The third kappa shape index (κ3) is 30.6. The standard InChI is InChI=1S/C16H35N.C16H35O4P/c1-2-3-4-5-6-7-8-9-10-11-12-13-14-15-16-17;1-5-9-11-15(7-3)13-19-21(17,18)20-14-16(8-4)12-10-6-2/h2-17H2,1H3;15-16H,5-14H2,1-4H3,(H,17,18). The lowest BCUT2D eigenvalue weighted by atomic mass is 10.0. The average molecular weight is 564 g/mol. The number of phosphoric acid groups is 1. The van der Waals surface area contributed by atoms with Crippen LogP contribution in [0.25, 0.3) is 0 Å². The van der Waals surface area contributed by atoms with Gasteiger partial charge in [-0.2, -0.15) is 0 Å². The van der Waals surface area contributed by atoms with Gasteiger partial charge in [-0.15, -0.1) is 0 Å². The van der Waals surface area contributed by atoms with Gasteiger partial charge in [0.25, 0.3) is 0 Å². The van der Waals surface area contributed by atoms with Gasteiger partial charge in [-0.3, -0.25) is 9.05 Å². The van der Waals surface area contributed by atoms with Gasteiger partial charge in [0.05, 0.1) is 13.2 Å². The molecule has 38 heavy (non-hydrogen) atoms. The van der Waals surface area contributed by atoms with Crippen molar-refractivity contribution in [1.29, 1.82) is 0 Å². The van der Waals surface area contributed by atoms with E-state index in [0.717, 1.165) is 57.9 Å². The van der Waals surface area contributed by atoms with Crippen LogP contribution in [0.5, 0.6) is 0 Å². The summed E-state index contributed by atoms with van der Waals surface area (Å²) in [6.07, 6.45) is 28.4. The van der Waals surface area contributed by atoms with E-state index < -0.39 is 7.82 Å². The fourth-order valence-corrected chi connectivity index (χ4v) is 5.44. The Labute approximate surface area is 239 Å². The van der Waals surface area contributed by atoms with Gasteiger partial charge < -0.3 is 10.6 Å². The van der Waals surface area contributed by atoms with Crippen molar-refractivity contribution in [3.8, 4) is 0 Å². The first-order valence-electron chi connectivity index (χ1n) is 16.7. The fraction of sp³-hybridized carbons (Fsp3) is 1.00. The van der Waals surface area contributed by atoms with Crippen LogP contribution in [-0.4, -0.2) is 24.7 Å². The fourth-order valence-electron chi connectivity index (χ4n) is 4.57. The summed E-state index contributed by atoms with van der Waals surface area (Å²) in [5, 5.41) is 0. The van der Waals surface area contributed by atoms with Crippen LogP contribution >= 0.6 is 7.82 Å². The van der Waals surface area contributed by atoms with Crippen molar-refractivity contribution in [2.24, 2.45) is 17.6 Å². The Morgan fingerprint density at radius 1 is 0.553 bits per heavy atom. The molecule has 0 bridgehead atoms. The van der Waals surface area contributed by atoms with Crippen molar-refractivity contribution < 1.29 is 18.5 Å². The smallest absolute Gasteiger partial charge is 0.330 e. The molecular weight excluding hydrogens is 493 g/mol. The second-order valence-electron chi connectivity index (χ2n) is 11.3. The molecule has 2 atom stereocenters. The quantitative estimate of drug-likeness (QED) is 0.0730. The third-order valence-corrected chi connectivity index (χ3v) is 8.54. The summed E-state index contributed by atoms with van der Waals surface area (Å²) in [6.45, 7) is 12.3. The molecule has 232 valence electrons. The number of hydrogen-bond donors (Lipinski definition) is 2. The van der Waals surface area contributed by atoms with Crippen LogP contribution in [0.3, 0.4) is 0 Å². The van der Waals surface area contributed by atoms with E-state index in [-0.39, 0.29) is 0 Å². The molecule has 0 saturated carbocycles. The molecule has 0 aromatic rings. The summed E-state index contributed by atoms with van der Waals surface area (Å²) >= 11 is 0. The molecule has 0 saturated heterocycles. The molecule has 0 aromatic heterocycles. The molecule has 3 N–H and O–H groups in total. The summed E-state index contributed by atoms with van der Waals surface area (Å²) < 4.78 is 22.2. The molecule has 5 nitrogen and oxygen atoms in total. The van der Waals surface area contributed by atoms with Gasteiger partial charge in [0.15, 0.2) is 0 Å². The molecule has 0 fully saturated rings. The first kappa shape index (κ1) is 40.2. The van der Waals surface area contributed by atoms with E-state index in [1.807, 2.05) is 0 Å². The van der Waals surface area contributed by atoms with Gasteiger partial charge in [-0.05, 0) is 37.6 Å². The SMILES string of the molecule is CCCCC(CC)COP(=O)(O)OCC(CC)CCCC.CCCCCCCCCCCCCCCCN. The summed E-state index contributed by atoms with van der Waals surface area (Å²) in [4.78, 5) is 9.77. The molecular formula is C32H70NO4P. The zero-order valence-corrected chi connectivity index (χ0v) is 27.4. The van der Waals surface area contributed by atoms with Crippen molar-refractivity contribution in [2.45, 2.75) is 176 Å². The maximum Gasteiger partial charge on any atom is 0.472 e. The average Bonchev–Trinajstić information content (AvgIpc) is 2.92. The van der Waals surface area contributed by atoms with Crippen LogP contribution in [0.15, 0.2) is 0 Å². The number of nitrogens with two attached hydrogens (primary N) is 1. The maximum absolute atomic E-state index is 11.9. The Hall–Kier alpha value is 0.0700. The van der Waals surface area contributed by atoms with Crippen LogP contribution in [0.2, 0.25) is 0 Å². The van der Waals surface area contributed by atoms with Crippen LogP contribution < -0.4 is 5.73 Å². The summed E-state index contributed by atoms with van der Waals surface area (Å²) in [5.74, 6) is 0.687. The van der Waals surface area contributed by atoms with E-state index in [1.165, 1.54) is 89.9 Å². The number of hydrogen-bond acceptors (Lipinski definition) is 4. The molecule has 0 radical (unpaired) electrons. The first-order chi connectivity index (χ1) is 18.4. The Balaban J connectivity index is 0. The third-order valence-electron chi connectivity index (χ3n) is 7.59. The molecule has 6 heteroatoms. The van der Waals surface area contributed by atoms with Crippen molar-refractivity contribution in [2.75, 3.05) is 19.8 Å². The minimum absolute atomic E-state index is 0.316. The normalized spacial score (nSPS) is 14.5. The zero-order valence-electron chi connectivity index (χ0n) is 26.5. The van der Waals surface area contributed by atoms with Crippen molar-refractivity contribution in [3.05, 3.63) is 0 Å². The predicted octanol–water partition coefficient (Wildman–Crippen LogP) is 11.0. The second-order valence-corrected chi connectivity index (χ2v) is 12.7. The topological polar surface area (TPSA) is 81.8 Å². The monoisotopic (exact) mass is 564 g/mol. The van der Waals surface area contributed by atoms with Crippen LogP contribution in [0, 0.1) is 11.8 Å². The number of unbranched alkanes of at least 4 members (excludes halogenated alkanes) is 15. The number of rotatable bonds is 28. The molecule has 0 aliphatic carbocycles. The van der Waals surface area contributed by atoms with E-state index in [4.69, 9.17) is 14.8 Å². The zero-order chi connectivity index (χ0) is 28.7. The van der Waals surface area contributed by atoms with Crippen molar-refractivity contribution >= 4 is 7.82 Å². The maximum atomic E-state index is 11.9. The first-order valence-corrected chi connectivity index (χ1v) is 18.2. The van der Waals surface area contributed by atoms with Gasteiger partial charge in [-0.25, -0.2) is 4.57 Å². The van der Waals surface area contributed by atoms with Gasteiger partial charge in [0, 0.05) is 0 Å². The summed E-state index contributed by atoms with van der Waals surface area (Å²) in [6, 6.07) is 0. The molecule has 0 spiro atoms. The predicted molar refractivity (Wildman–Crippen MR) is 168 cm³/mol. The van der Waals surface area contributed by atoms with Gasteiger partial charge in [0.1, 0.15) is 0 Å². The lowest BCUT2D eigenvalue weighted by Crippen LogP contribution is -2.12. The highest BCUT2D eigenvalue weighted by molar-refractivity contribution is 7.47. The van der Waals surface area contributed by atoms with Crippen LogP contribution in [0.4, 0.5) is 0 Å². The molecule has 0 aliphatic heterocycles. The highest BCUT2D eigenvalue weighted by Crippen LogP contribution is 2.44. The Morgan fingerprint density at radius 2 is 0.868 bits per heavy atom. The van der Waals surface area contributed by atoms with Gasteiger partial charge >= 0.3 is 7.82 Å². The highest BCUT2D eigenvalue weighted by Gasteiger charge is 2.24. The van der Waals surface area contributed by atoms with Crippen molar-refractivity contribution in [3.63, 3.8) is 0 Å². The van der Waals surface area contributed by atoms with Crippen LogP contribution in [-0.2, 0) is 13.6 Å². The molecule has 0 heterocycles. The molecule has 0 rings (SSSR count). The van der Waals surface area contributed by atoms with E-state index in [0.29, 0.717) is 25.0 Å². The van der Waals surface area contributed by atoms with Gasteiger partial charge in [0.2, 0.25) is 0 Å². The number of phosphoric ester groups is 1. The molecule has 0 aliphatic rings. The molecule has 2 unspecified atom stereocenters. The van der Waals surface area contributed by atoms with E-state index in [2.05, 4.69) is 34.6 Å². The Bertz CT molecular complexity index is 454. The van der Waals surface area contributed by atoms with Gasteiger partial charge in [-0.1, -0.05) is 157 Å². The minimum Gasteiger partial charge on any atom is -0.330 e. The summed E-state index contributed by atoms with van der Waals surface area (Å²) in [7, 11) is -3.89. The highest BCUT2D eigenvalue weighted by atomic mass is 31.2. The largest absolute Gasteiger partial charge is 0.472 e. The van der Waals surface area contributed by atoms with Crippen LogP contribution in [0.1, 0.15) is 176 Å². The van der Waals surface area contributed by atoms with E-state index >= 15 is 0 Å². The second kappa shape index (κ2) is 31.6. The Kier molecular flexibility index (Phi) is 33.4. The lowest BCUT2D eigenvalue weighted by molar-refractivity contribution is 0.110.